The van der Waals surface area contributed by atoms with Crippen LogP contribution in [0, 0.1) is 5.41 Å². The van der Waals surface area contributed by atoms with Crippen LogP contribution in [0.1, 0.15) is 18.4 Å². The Morgan fingerprint density at radius 3 is 2.24 bits per heavy atom. The summed E-state index contributed by atoms with van der Waals surface area (Å²) in [5.74, 6) is -0.984. The molecule has 15 heteroatoms. The molecule has 13 nitrogen and oxygen atoms in total. The van der Waals surface area contributed by atoms with Crippen molar-refractivity contribution in [3.63, 3.8) is 0 Å². The first-order valence-electron chi connectivity index (χ1n) is 10.7. The fourth-order valence-electron chi connectivity index (χ4n) is 3.64. The quantitative estimate of drug-likeness (QED) is 0.0976. The lowest BCUT2D eigenvalue weighted by atomic mass is 9.77. The summed E-state index contributed by atoms with van der Waals surface area (Å²) >= 11 is 1.38. The Hall–Kier alpha value is -3.53. The number of nitrogens with zero attached hydrogens (tertiary/aromatic N) is 4. The maximum absolute atomic E-state index is 12.9. The molecule has 37 heavy (non-hydrogen) atoms. The Morgan fingerprint density at radius 2 is 1.68 bits per heavy atom. The fourth-order valence-corrected chi connectivity index (χ4v) is 4.90. The van der Waals surface area contributed by atoms with E-state index in [0.29, 0.717) is 22.9 Å². The van der Waals surface area contributed by atoms with E-state index in [-0.39, 0.29) is 24.7 Å². The van der Waals surface area contributed by atoms with E-state index in [1.165, 1.54) is 50.2 Å². The standard InChI is InChI=1S/C22H25N5O7S2.H3N/c1-33-19(28)22(20(29)34-2,15-16-9-11-17(12-10-16)24-36(30,31)32)13-6-14-35-21-23-25-26-27(21)18-7-4-3-5-8-18;/h3-5,7-12,24H,6,13-15H2,1-2H3,(H,30,31,32);1H3. The maximum Gasteiger partial charge on any atom is 0.357 e. The van der Waals surface area contributed by atoms with Crippen molar-refractivity contribution in [3.8, 4) is 5.69 Å². The number of benzene rings is 2. The highest BCUT2D eigenvalue weighted by atomic mass is 32.2. The molecular weight excluding hydrogens is 524 g/mol. The SMILES string of the molecule is COC(=O)C(CCCSc1nnnn1-c1ccccc1)(Cc1ccc(NS(=O)(=O)O)cc1)C(=O)OC.N. The van der Waals surface area contributed by atoms with Gasteiger partial charge in [0.1, 0.15) is 0 Å². The summed E-state index contributed by atoms with van der Waals surface area (Å²) in [4.78, 5) is 25.7. The number of hydrogen-bond acceptors (Lipinski definition) is 11. The van der Waals surface area contributed by atoms with Crippen LogP contribution in [-0.2, 0) is 35.8 Å². The second-order valence-corrected chi connectivity index (χ2v) is 9.89. The summed E-state index contributed by atoms with van der Waals surface area (Å²) in [6.45, 7) is 0. The van der Waals surface area contributed by atoms with Crippen molar-refractivity contribution >= 4 is 39.7 Å². The van der Waals surface area contributed by atoms with Crippen molar-refractivity contribution < 1.29 is 32.0 Å². The van der Waals surface area contributed by atoms with Gasteiger partial charge in [0.25, 0.3) is 0 Å². The number of methoxy groups -OCH3 is 2. The Bertz CT molecular complexity index is 1270. The van der Waals surface area contributed by atoms with Crippen LogP contribution in [-0.4, -0.2) is 65.1 Å². The molecule has 0 amide bonds. The number of esters is 2. The molecule has 3 rings (SSSR count). The number of ether oxygens (including phenoxy) is 2. The average molecular weight is 553 g/mol. The van der Waals surface area contributed by atoms with Crippen LogP contribution in [0.3, 0.4) is 0 Å². The molecule has 0 saturated carbocycles. The van der Waals surface area contributed by atoms with Crippen LogP contribution in [0.4, 0.5) is 5.69 Å². The van der Waals surface area contributed by atoms with Gasteiger partial charge in [-0.2, -0.15) is 13.1 Å². The smallest absolute Gasteiger partial charge is 0.357 e. The summed E-state index contributed by atoms with van der Waals surface area (Å²) in [5.41, 5.74) is -0.133. The number of carbonyl (C=O) groups excluding carboxylic acids is 2. The molecule has 0 aliphatic heterocycles. The molecule has 0 aliphatic carbocycles. The van der Waals surface area contributed by atoms with E-state index in [1.807, 2.05) is 35.1 Å². The number of anilines is 1. The Balaban J connectivity index is 0.00000481. The van der Waals surface area contributed by atoms with Gasteiger partial charge in [0.2, 0.25) is 5.16 Å². The van der Waals surface area contributed by atoms with E-state index >= 15 is 0 Å². The first-order valence-corrected chi connectivity index (χ1v) is 13.1. The molecule has 0 bridgehead atoms. The molecule has 1 aromatic heterocycles. The number of tetrazole rings is 1. The van der Waals surface area contributed by atoms with Gasteiger partial charge in [-0.1, -0.05) is 42.1 Å². The lowest BCUT2D eigenvalue weighted by Gasteiger charge is -2.28. The first-order chi connectivity index (χ1) is 17.2. The molecule has 0 aliphatic rings. The summed E-state index contributed by atoms with van der Waals surface area (Å²) in [5, 5.41) is 12.3. The molecule has 0 spiro atoms. The number of aromatic nitrogens is 4. The van der Waals surface area contributed by atoms with Crippen LogP contribution >= 0.6 is 11.8 Å². The topological polar surface area (TPSA) is 198 Å². The molecule has 5 N–H and O–H groups in total. The zero-order valence-corrected chi connectivity index (χ0v) is 21.9. The third-order valence-corrected chi connectivity index (χ3v) is 6.78. The van der Waals surface area contributed by atoms with Gasteiger partial charge in [-0.3, -0.25) is 18.9 Å². The predicted octanol–water partition coefficient (Wildman–Crippen LogP) is 2.49. The van der Waals surface area contributed by atoms with Crippen LogP contribution in [0.2, 0.25) is 0 Å². The lowest BCUT2D eigenvalue weighted by molar-refractivity contribution is -0.169. The minimum atomic E-state index is -4.43. The van der Waals surface area contributed by atoms with Gasteiger partial charge in [0, 0.05) is 5.75 Å². The summed E-state index contributed by atoms with van der Waals surface area (Å²) in [6.07, 6.45) is 0.515. The van der Waals surface area contributed by atoms with Crippen molar-refractivity contribution in [1.82, 2.24) is 26.4 Å². The van der Waals surface area contributed by atoms with Crippen molar-refractivity contribution in [2.24, 2.45) is 5.41 Å². The van der Waals surface area contributed by atoms with Crippen molar-refractivity contribution in [1.29, 1.82) is 0 Å². The number of rotatable bonds is 12. The van der Waals surface area contributed by atoms with Gasteiger partial charge in [-0.25, -0.2) is 0 Å². The normalized spacial score (nSPS) is 11.3. The minimum absolute atomic E-state index is 0. The van der Waals surface area contributed by atoms with Gasteiger partial charge in [-0.05, 0) is 59.5 Å². The zero-order valence-electron chi connectivity index (χ0n) is 20.2. The maximum atomic E-state index is 12.9. The van der Waals surface area contributed by atoms with E-state index in [9.17, 15) is 18.0 Å². The van der Waals surface area contributed by atoms with Crippen molar-refractivity contribution in [2.75, 3.05) is 24.7 Å². The van der Waals surface area contributed by atoms with Gasteiger partial charge >= 0.3 is 22.2 Å². The zero-order chi connectivity index (χ0) is 26.2. The number of nitrogens with one attached hydrogen (secondary N) is 1. The lowest BCUT2D eigenvalue weighted by Crippen LogP contribution is -2.43. The highest BCUT2D eigenvalue weighted by Gasteiger charge is 2.48. The molecule has 0 saturated heterocycles. The van der Waals surface area contributed by atoms with E-state index < -0.39 is 27.7 Å². The van der Waals surface area contributed by atoms with Gasteiger partial charge in [-0.15, -0.1) is 5.10 Å². The third-order valence-electron chi connectivity index (χ3n) is 5.28. The number of thioether (sulfide) groups is 1. The van der Waals surface area contributed by atoms with E-state index in [2.05, 4.69) is 15.5 Å². The largest absolute Gasteiger partial charge is 0.468 e. The monoisotopic (exact) mass is 552 g/mol. The minimum Gasteiger partial charge on any atom is -0.468 e. The van der Waals surface area contributed by atoms with Crippen LogP contribution in [0.5, 0.6) is 0 Å². The van der Waals surface area contributed by atoms with Crippen molar-refractivity contribution in [2.45, 2.75) is 24.4 Å². The molecule has 0 unspecified atom stereocenters. The number of para-hydroxylation sites is 1. The Morgan fingerprint density at radius 1 is 1.05 bits per heavy atom. The molecule has 2 aromatic carbocycles. The molecule has 3 aromatic rings. The van der Waals surface area contributed by atoms with Gasteiger partial charge < -0.3 is 15.6 Å². The first kappa shape index (κ1) is 29.7. The average Bonchev–Trinajstić information content (AvgIpc) is 3.34. The molecular formula is C22H28N6O7S2. The summed E-state index contributed by atoms with van der Waals surface area (Å²) in [7, 11) is -2.04. The van der Waals surface area contributed by atoms with Crippen LogP contribution in [0.25, 0.3) is 5.69 Å². The molecule has 200 valence electrons. The van der Waals surface area contributed by atoms with Crippen LogP contribution < -0.4 is 10.9 Å². The summed E-state index contributed by atoms with van der Waals surface area (Å²) in [6, 6.07) is 15.3. The molecule has 1 heterocycles. The van der Waals surface area contributed by atoms with Crippen LogP contribution in [0.15, 0.2) is 59.8 Å². The highest BCUT2D eigenvalue weighted by Crippen LogP contribution is 2.34. The molecule has 0 atom stereocenters. The van der Waals surface area contributed by atoms with E-state index in [1.54, 1.807) is 4.68 Å². The van der Waals surface area contributed by atoms with Crippen molar-refractivity contribution in [3.05, 3.63) is 60.2 Å². The molecule has 0 fully saturated rings. The van der Waals surface area contributed by atoms with Gasteiger partial charge in [0.05, 0.1) is 25.6 Å². The Labute approximate surface area is 218 Å². The Kier molecular flexibility index (Phi) is 10.5. The molecule has 0 radical (unpaired) electrons. The second kappa shape index (κ2) is 13.1. The number of carbonyl (C=O) groups is 2. The van der Waals surface area contributed by atoms with E-state index in [0.717, 1.165) is 5.69 Å². The fraction of sp³-hybridized carbons (Fsp3) is 0.318. The van der Waals surface area contributed by atoms with E-state index in [4.69, 9.17) is 14.0 Å². The second-order valence-electron chi connectivity index (χ2n) is 7.68. The summed E-state index contributed by atoms with van der Waals surface area (Å²) < 4.78 is 44.4. The highest BCUT2D eigenvalue weighted by molar-refractivity contribution is 7.99. The van der Waals surface area contributed by atoms with Gasteiger partial charge in [0.15, 0.2) is 5.41 Å². The number of hydrogen-bond donors (Lipinski definition) is 3. The predicted molar refractivity (Wildman–Crippen MR) is 136 cm³/mol. The third kappa shape index (κ3) is 7.72.